The molecule has 2 aliphatic rings. The van der Waals surface area contributed by atoms with E-state index in [1.807, 2.05) is 12.1 Å². The van der Waals surface area contributed by atoms with E-state index in [9.17, 15) is 4.79 Å². The molecule has 0 spiro atoms. The van der Waals surface area contributed by atoms with Crippen molar-refractivity contribution in [2.24, 2.45) is 4.99 Å². The molecular formula is C19H15Cl2NO3. The molecule has 0 unspecified atom stereocenters. The third-order valence-corrected chi connectivity index (χ3v) is 5.10. The molecule has 2 heterocycles. The summed E-state index contributed by atoms with van der Waals surface area (Å²) in [5, 5.41) is 1.02. The average molecular weight is 376 g/mol. The quantitative estimate of drug-likeness (QED) is 0.801. The molecule has 4 nitrogen and oxygen atoms in total. The highest BCUT2D eigenvalue weighted by Gasteiger charge is 2.23. The van der Waals surface area contributed by atoms with Gasteiger partial charge in [0.05, 0.1) is 0 Å². The summed E-state index contributed by atoms with van der Waals surface area (Å²) in [5.74, 6) is 1.49. The summed E-state index contributed by atoms with van der Waals surface area (Å²) in [7, 11) is 0. The highest BCUT2D eigenvalue weighted by atomic mass is 35.5. The molecule has 0 fully saturated rings. The Kier molecular flexibility index (Phi) is 4.40. The van der Waals surface area contributed by atoms with Gasteiger partial charge in [0, 0.05) is 40.7 Å². The Bertz CT molecular complexity index is 872. The average Bonchev–Trinajstić information content (AvgIpc) is 3.04. The van der Waals surface area contributed by atoms with Gasteiger partial charge < -0.3 is 9.47 Å². The van der Waals surface area contributed by atoms with Gasteiger partial charge in [0.2, 0.25) is 6.79 Å². The Balaban J connectivity index is 1.56. The first-order chi connectivity index (χ1) is 12.1. The van der Waals surface area contributed by atoms with Crippen LogP contribution < -0.4 is 9.47 Å². The molecule has 2 aromatic carbocycles. The van der Waals surface area contributed by atoms with Crippen molar-refractivity contribution >= 4 is 34.7 Å². The molecule has 0 aliphatic carbocycles. The lowest BCUT2D eigenvalue weighted by Gasteiger charge is -2.17. The number of hydrogen-bond donors (Lipinski definition) is 0. The maximum atomic E-state index is 12.6. The van der Waals surface area contributed by atoms with E-state index in [2.05, 4.69) is 4.99 Å². The number of rotatable bonds is 4. The normalized spacial score (nSPS) is 14.9. The highest BCUT2D eigenvalue weighted by molar-refractivity contribution is 6.36. The summed E-state index contributed by atoms with van der Waals surface area (Å²) >= 11 is 12.3. The van der Waals surface area contributed by atoms with Gasteiger partial charge in [-0.25, -0.2) is 0 Å². The van der Waals surface area contributed by atoms with E-state index in [1.54, 1.807) is 18.2 Å². The third-order valence-electron chi connectivity index (χ3n) is 4.39. The number of halogens is 2. The maximum Gasteiger partial charge on any atom is 0.231 e. The first-order valence-corrected chi connectivity index (χ1v) is 8.78. The molecule has 0 saturated carbocycles. The smallest absolute Gasteiger partial charge is 0.231 e. The fourth-order valence-electron chi connectivity index (χ4n) is 3.15. The molecule has 2 aliphatic heterocycles. The Morgan fingerprint density at radius 1 is 1.08 bits per heavy atom. The zero-order chi connectivity index (χ0) is 17.4. The molecule has 0 amide bonds. The van der Waals surface area contributed by atoms with Crippen LogP contribution in [0.5, 0.6) is 11.5 Å². The van der Waals surface area contributed by atoms with Gasteiger partial charge in [0.25, 0.3) is 0 Å². The van der Waals surface area contributed by atoms with E-state index >= 15 is 0 Å². The Labute approximate surface area is 155 Å². The summed E-state index contributed by atoms with van der Waals surface area (Å²) in [4.78, 5) is 17.1. The fourth-order valence-corrected chi connectivity index (χ4v) is 3.69. The molecule has 25 heavy (non-hydrogen) atoms. The van der Waals surface area contributed by atoms with Gasteiger partial charge in [-0.05, 0) is 41.8 Å². The second-order valence-electron chi connectivity index (χ2n) is 6.03. The van der Waals surface area contributed by atoms with E-state index in [1.165, 1.54) is 0 Å². The fraction of sp³-hybridized carbons (Fsp3) is 0.263. The second-order valence-corrected chi connectivity index (χ2v) is 6.85. The van der Waals surface area contributed by atoms with Crippen LogP contribution in [-0.4, -0.2) is 24.8 Å². The van der Waals surface area contributed by atoms with E-state index < -0.39 is 0 Å². The Hall–Kier alpha value is -2.04. The van der Waals surface area contributed by atoms with Crippen molar-refractivity contribution in [3.05, 3.63) is 57.1 Å². The summed E-state index contributed by atoms with van der Waals surface area (Å²) in [6.45, 7) is 0.900. The van der Waals surface area contributed by atoms with E-state index in [0.717, 1.165) is 29.0 Å². The van der Waals surface area contributed by atoms with Crippen LogP contribution in [0.2, 0.25) is 10.0 Å². The van der Waals surface area contributed by atoms with Crippen molar-refractivity contribution in [2.45, 2.75) is 19.3 Å². The highest BCUT2D eigenvalue weighted by Crippen LogP contribution is 2.36. The van der Waals surface area contributed by atoms with Crippen LogP contribution in [0.25, 0.3) is 0 Å². The molecule has 0 N–H and O–H groups in total. The predicted molar refractivity (Wildman–Crippen MR) is 97.5 cm³/mol. The summed E-state index contributed by atoms with van der Waals surface area (Å²) < 4.78 is 10.9. The molecule has 4 rings (SSSR count). The Morgan fingerprint density at radius 3 is 2.56 bits per heavy atom. The minimum absolute atomic E-state index is 0.0271. The third kappa shape index (κ3) is 3.24. The predicted octanol–water partition coefficient (Wildman–Crippen LogP) is 4.27. The van der Waals surface area contributed by atoms with Crippen molar-refractivity contribution in [2.75, 3.05) is 13.3 Å². The van der Waals surface area contributed by atoms with Crippen LogP contribution >= 0.6 is 23.2 Å². The van der Waals surface area contributed by atoms with Crippen LogP contribution in [0, 0.1) is 0 Å². The molecule has 2 aromatic rings. The van der Waals surface area contributed by atoms with E-state index in [-0.39, 0.29) is 25.4 Å². The zero-order valence-corrected chi connectivity index (χ0v) is 14.9. The zero-order valence-electron chi connectivity index (χ0n) is 13.4. The molecule has 0 bridgehead atoms. The standard InChI is InChI=1S/C19H15Cl2NO3/c20-15-2-1-3-16(21)14(15)7-12(23)8-17-13-9-19-18(24-10-25-19)6-11(13)4-5-22-17/h1-3,6,9H,4-5,7-8,10H2. The molecule has 6 heteroatoms. The van der Waals surface area contributed by atoms with Crippen LogP contribution in [0.4, 0.5) is 0 Å². The van der Waals surface area contributed by atoms with Gasteiger partial charge in [-0.15, -0.1) is 0 Å². The van der Waals surface area contributed by atoms with Crippen LogP contribution in [0.3, 0.4) is 0 Å². The van der Waals surface area contributed by atoms with Crippen LogP contribution in [-0.2, 0) is 17.6 Å². The van der Waals surface area contributed by atoms with Gasteiger partial charge in [-0.1, -0.05) is 29.3 Å². The van der Waals surface area contributed by atoms with Crippen LogP contribution in [0.15, 0.2) is 35.3 Å². The molecule has 0 aromatic heterocycles. The lowest BCUT2D eigenvalue weighted by molar-refractivity contribution is -0.117. The summed E-state index contributed by atoms with van der Waals surface area (Å²) in [5.41, 5.74) is 3.55. The molecular weight excluding hydrogens is 361 g/mol. The molecule has 0 atom stereocenters. The number of aliphatic imine (C=N–C) groups is 1. The van der Waals surface area contributed by atoms with E-state index in [4.69, 9.17) is 32.7 Å². The number of ether oxygens (including phenoxy) is 2. The number of hydrogen-bond acceptors (Lipinski definition) is 4. The lowest BCUT2D eigenvalue weighted by Crippen LogP contribution is -2.18. The van der Waals surface area contributed by atoms with Crippen molar-refractivity contribution < 1.29 is 14.3 Å². The van der Waals surface area contributed by atoms with Gasteiger partial charge in [-0.3, -0.25) is 9.79 Å². The maximum absolute atomic E-state index is 12.6. The lowest BCUT2D eigenvalue weighted by atomic mass is 9.93. The number of Topliss-reactive ketones (excluding diaryl/α,β-unsaturated/α-hetero) is 1. The first kappa shape index (κ1) is 16.4. The van der Waals surface area contributed by atoms with E-state index in [0.29, 0.717) is 27.9 Å². The molecule has 0 radical (unpaired) electrons. The number of carbonyl (C=O) groups is 1. The number of ketones is 1. The van der Waals surface area contributed by atoms with Crippen molar-refractivity contribution in [1.29, 1.82) is 0 Å². The number of fused-ring (bicyclic) bond motifs is 2. The van der Waals surface area contributed by atoms with Crippen LogP contribution in [0.1, 0.15) is 23.1 Å². The van der Waals surface area contributed by atoms with Gasteiger partial charge >= 0.3 is 0 Å². The molecule has 0 saturated heterocycles. The van der Waals surface area contributed by atoms with Gasteiger partial charge in [-0.2, -0.15) is 0 Å². The minimum atomic E-state index is 0.0271. The second kappa shape index (κ2) is 6.70. The van der Waals surface area contributed by atoms with Gasteiger partial charge in [0.1, 0.15) is 5.78 Å². The van der Waals surface area contributed by atoms with Crippen molar-refractivity contribution in [3.8, 4) is 11.5 Å². The van der Waals surface area contributed by atoms with Gasteiger partial charge in [0.15, 0.2) is 11.5 Å². The Morgan fingerprint density at radius 2 is 1.80 bits per heavy atom. The summed E-state index contributed by atoms with van der Waals surface area (Å²) in [6.07, 6.45) is 1.27. The summed E-state index contributed by atoms with van der Waals surface area (Å²) in [6, 6.07) is 9.16. The minimum Gasteiger partial charge on any atom is -0.454 e. The number of benzene rings is 2. The topological polar surface area (TPSA) is 47.9 Å². The first-order valence-electron chi connectivity index (χ1n) is 8.02. The number of carbonyl (C=O) groups excluding carboxylic acids is 1. The number of nitrogens with zero attached hydrogens (tertiary/aromatic N) is 1. The van der Waals surface area contributed by atoms with Crippen molar-refractivity contribution in [1.82, 2.24) is 0 Å². The monoisotopic (exact) mass is 375 g/mol. The molecule has 128 valence electrons. The van der Waals surface area contributed by atoms with Crippen molar-refractivity contribution in [3.63, 3.8) is 0 Å². The largest absolute Gasteiger partial charge is 0.454 e. The SMILES string of the molecule is O=C(CC1=NCCc2cc3c(cc21)OCO3)Cc1c(Cl)cccc1Cl.